The standard InChI is InChI=1S/C16H19NO3/c18-15-8-9-17(14-7-2-1-6-13(14)15)16(19)11-12-5-3-4-10-20-12/h1-2,6-7,12H,3-5,8-11H2. The molecule has 1 atom stereocenters. The van der Waals surface area contributed by atoms with Crippen LogP contribution in [-0.4, -0.2) is 30.9 Å². The smallest absolute Gasteiger partial charge is 0.229 e. The van der Waals surface area contributed by atoms with Crippen molar-refractivity contribution in [2.45, 2.75) is 38.2 Å². The molecule has 0 aliphatic carbocycles. The molecule has 0 saturated carbocycles. The lowest BCUT2D eigenvalue weighted by atomic mass is 9.99. The highest BCUT2D eigenvalue weighted by molar-refractivity contribution is 6.08. The zero-order chi connectivity index (χ0) is 13.9. The number of rotatable bonds is 2. The van der Waals surface area contributed by atoms with Gasteiger partial charge >= 0.3 is 0 Å². The van der Waals surface area contributed by atoms with Crippen molar-refractivity contribution in [2.75, 3.05) is 18.1 Å². The van der Waals surface area contributed by atoms with Crippen LogP contribution in [0.2, 0.25) is 0 Å². The van der Waals surface area contributed by atoms with E-state index in [1.165, 1.54) is 0 Å². The molecular weight excluding hydrogens is 254 g/mol. The number of para-hydroxylation sites is 1. The Hall–Kier alpha value is -1.68. The highest BCUT2D eigenvalue weighted by Crippen LogP contribution is 2.28. The van der Waals surface area contributed by atoms with Crippen LogP contribution < -0.4 is 4.90 Å². The number of carbonyl (C=O) groups is 2. The number of anilines is 1. The van der Waals surface area contributed by atoms with Crippen LogP contribution in [0.5, 0.6) is 0 Å². The first kappa shape index (κ1) is 13.3. The zero-order valence-corrected chi connectivity index (χ0v) is 11.5. The van der Waals surface area contributed by atoms with Crippen molar-refractivity contribution in [1.29, 1.82) is 0 Å². The molecule has 2 aliphatic heterocycles. The Kier molecular flexibility index (Phi) is 3.83. The summed E-state index contributed by atoms with van der Waals surface area (Å²) in [6.45, 7) is 1.24. The summed E-state index contributed by atoms with van der Waals surface area (Å²) in [5.74, 6) is 0.190. The predicted octanol–water partition coefficient (Wildman–Crippen LogP) is 2.57. The van der Waals surface area contributed by atoms with E-state index in [2.05, 4.69) is 0 Å². The molecule has 4 heteroatoms. The number of Topliss-reactive ketones (excluding diaryl/α,β-unsaturated/α-hetero) is 1. The van der Waals surface area contributed by atoms with Crippen molar-refractivity contribution < 1.29 is 14.3 Å². The number of carbonyl (C=O) groups excluding carboxylic acids is 2. The quantitative estimate of drug-likeness (QED) is 0.832. The van der Waals surface area contributed by atoms with Gasteiger partial charge in [0, 0.05) is 25.1 Å². The maximum Gasteiger partial charge on any atom is 0.229 e. The SMILES string of the molecule is O=C1CCN(C(=O)CC2CCCCO2)c2ccccc21. The number of benzene rings is 1. The fourth-order valence-corrected chi connectivity index (χ4v) is 2.95. The fraction of sp³-hybridized carbons (Fsp3) is 0.500. The summed E-state index contributed by atoms with van der Waals surface area (Å²) in [6.07, 6.45) is 4.05. The summed E-state index contributed by atoms with van der Waals surface area (Å²) in [5.41, 5.74) is 1.42. The van der Waals surface area contributed by atoms with Gasteiger partial charge in [-0.25, -0.2) is 0 Å². The Morgan fingerprint density at radius 1 is 1.30 bits per heavy atom. The van der Waals surface area contributed by atoms with Crippen molar-refractivity contribution in [3.8, 4) is 0 Å². The first-order chi connectivity index (χ1) is 9.75. The number of fused-ring (bicyclic) bond motifs is 1. The highest BCUT2D eigenvalue weighted by atomic mass is 16.5. The molecule has 20 heavy (non-hydrogen) atoms. The molecular formula is C16H19NO3. The Bertz CT molecular complexity index is 520. The van der Waals surface area contributed by atoms with Crippen molar-refractivity contribution in [3.63, 3.8) is 0 Å². The van der Waals surface area contributed by atoms with E-state index < -0.39 is 0 Å². The molecule has 0 aromatic heterocycles. The molecule has 0 N–H and O–H groups in total. The van der Waals surface area contributed by atoms with Gasteiger partial charge in [0.05, 0.1) is 18.2 Å². The minimum absolute atomic E-state index is 0.0426. The van der Waals surface area contributed by atoms with Gasteiger partial charge in [0.15, 0.2) is 5.78 Å². The molecule has 106 valence electrons. The second kappa shape index (κ2) is 5.75. The number of ether oxygens (including phenoxy) is 1. The van der Waals surface area contributed by atoms with Gasteiger partial charge in [-0.15, -0.1) is 0 Å². The molecule has 1 aromatic rings. The third kappa shape index (κ3) is 2.61. The molecule has 1 fully saturated rings. The Morgan fingerprint density at radius 2 is 2.15 bits per heavy atom. The van der Waals surface area contributed by atoms with Crippen molar-refractivity contribution in [2.24, 2.45) is 0 Å². The highest BCUT2D eigenvalue weighted by Gasteiger charge is 2.28. The zero-order valence-electron chi connectivity index (χ0n) is 11.5. The molecule has 2 aliphatic rings. The van der Waals surface area contributed by atoms with E-state index in [0.717, 1.165) is 31.6 Å². The Labute approximate surface area is 118 Å². The summed E-state index contributed by atoms with van der Waals surface area (Å²) in [4.78, 5) is 26.1. The first-order valence-corrected chi connectivity index (χ1v) is 7.30. The van der Waals surface area contributed by atoms with Crippen LogP contribution in [0.1, 0.15) is 42.5 Å². The molecule has 1 saturated heterocycles. The van der Waals surface area contributed by atoms with E-state index in [1.54, 1.807) is 11.0 Å². The molecule has 1 amide bonds. The average molecular weight is 273 g/mol. The second-order valence-corrected chi connectivity index (χ2v) is 5.43. The van der Waals surface area contributed by atoms with E-state index in [1.807, 2.05) is 18.2 Å². The molecule has 4 nitrogen and oxygen atoms in total. The van der Waals surface area contributed by atoms with Gasteiger partial charge in [0.2, 0.25) is 5.91 Å². The minimum atomic E-state index is 0.0426. The monoisotopic (exact) mass is 273 g/mol. The molecule has 3 rings (SSSR count). The lowest BCUT2D eigenvalue weighted by Gasteiger charge is -2.30. The molecule has 2 heterocycles. The summed E-state index contributed by atoms with van der Waals surface area (Å²) in [6, 6.07) is 7.37. The topological polar surface area (TPSA) is 46.6 Å². The number of nitrogens with zero attached hydrogens (tertiary/aromatic N) is 1. The van der Waals surface area contributed by atoms with Crippen LogP contribution in [0, 0.1) is 0 Å². The largest absolute Gasteiger partial charge is 0.378 e. The summed E-state index contributed by atoms with van der Waals surface area (Å²) < 4.78 is 5.63. The number of hydrogen-bond acceptors (Lipinski definition) is 3. The normalized spacial score (nSPS) is 22.5. The first-order valence-electron chi connectivity index (χ1n) is 7.30. The Balaban J connectivity index is 1.75. The number of hydrogen-bond donors (Lipinski definition) is 0. The molecule has 0 radical (unpaired) electrons. The van der Waals surface area contributed by atoms with E-state index >= 15 is 0 Å². The van der Waals surface area contributed by atoms with Gasteiger partial charge in [-0.2, -0.15) is 0 Å². The van der Waals surface area contributed by atoms with Crippen molar-refractivity contribution in [1.82, 2.24) is 0 Å². The third-order valence-corrected chi connectivity index (χ3v) is 4.04. The molecule has 1 aromatic carbocycles. The van der Waals surface area contributed by atoms with E-state index in [0.29, 0.717) is 24.9 Å². The summed E-state index contributed by atoms with van der Waals surface area (Å²) in [5, 5.41) is 0. The van der Waals surface area contributed by atoms with E-state index in [4.69, 9.17) is 4.74 Å². The molecule has 0 spiro atoms. The lowest BCUT2D eigenvalue weighted by Crippen LogP contribution is -2.39. The molecule has 0 bridgehead atoms. The lowest BCUT2D eigenvalue weighted by molar-refractivity contribution is -0.122. The van der Waals surface area contributed by atoms with Gasteiger partial charge in [0.1, 0.15) is 0 Å². The number of ketones is 1. The van der Waals surface area contributed by atoms with Crippen molar-refractivity contribution >= 4 is 17.4 Å². The van der Waals surface area contributed by atoms with Crippen LogP contribution in [0.25, 0.3) is 0 Å². The maximum absolute atomic E-state index is 12.5. The summed E-state index contributed by atoms with van der Waals surface area (Å²) >= 11 is 0. The maximum atomic E-state index is 12.5. The van der Waals surface area contributed by atoms with Gasteiger partial charge < -0.3 is 9.64 Å². The fourth-order valence-electron chi connectivity index (χ4n) is 2.95. The average Bonchev–Trinajstić information content (AvgIpc) is 2.49. The van der Waals surface area contributed by atoms with Gasteiger partial charge in [-0.3, -0.25) is 9.59 Å². The predicted molar refractivity (Wildman–Crippen MR) is 76.0 cm³/mol. The van der Waals surface area contributed by atoms with Gasteiger partial charge in [-0.05, 0) is 31.4 Å². The Morgan fingerprint density at radius 3 is 2.95 bits per heavy atom. The molecule has 1 unspecified atom stereocenters. The van der Waals surface area contributed by atoms with E-state index in [-0.39, 0.29) is 17.8 Å². The van der Waals surface area contributed by atoms with Crippen LogP contribution in [0.3, 0.4) is 0 Å². The van der Waals surface area contributed by atoms with Crippen LogP contribution in [-0.2, 0) is 9.53 Å². The minimum Gasteiger partial charge on any atom is -0.378 e. The van der Waals surface area contributed by atoms with Crippen LogP contribution in [0.15, 0.2) is 24.3 Å². The van der Waals surface area contributed by atoms with Crippen LogP contribution >= 0.6 is 0 Å². The van der Waals surface area contributed by atoms with Gasteiger partial charge in [0.25, 0.3) is 0 Å². The van der Waals surface area contributed by atoms with E-state index in [9.17, 15) is 9.59 Å². The van der Waals surface area contributed by atoms with Crippen LogP contribution in [0.4, 0.5) is 5.69 Å². The third-order valence-electron chi connectivity index (χ3n) is 4.04. The number of amides is 1. The summed E-state index contributed by atoms with van der Waals surface area (Å²) in [7, 11) is 0. The van der Waals surface area contributed by atoms with Gasteiger partial charge in [-0.1, -0.05) is 12.1 Å². The second-order valence-electron chi connectivity index (χ2n) is 5.43. The van der Waals surface area contributed by atoms with Crippen molar-refractivity contribution in [3.05, 3.63) is 29.8 Å².